The molecule has 0 saturated carbocycles. The number of amides is 2. The molecule has 0 spiro atoms. The number of rotatable bonds is 9. The highest BCUT2D eigenvalue weighted by atomic mass is 35.5. The van der Waals surface area contributed by atoms with E-state index in [-0.39, 0.29) is 18.2 Å². The van der Waals surface area contributed by atoms with Gasteiger partial charge in [-0.3, -0.25) is 9.59 Å². The standard InChI is InChI=1S/C23H29ClN2O2/c1-4-21(23(28)25-15-17(2)3)26(16-18-9-6-5-7-10-18)22(27)14-19-11-8-12-20(24)13-19/h5-13,17,21H,4,14-16H2,1-3H3,(H,25,28). The van der Waals surface area contributed by atoms with Gasteiger partial charge in [-0.25, -0.2) is 0 Å². The van der Waals surface area contributed by atoms with E-state index in [0.717, 1.165) is 11.1 Å². The quantitative estimate of drug-likeness (QED) is 0.675. The summed E-state index contributed by atoms with van der Waals surface area (Å²) in [6, 6.07) is 16.5. The minimum absolute atomic E-state index is 0.0855. The van der Waals surface area contributed by atoms with E-state index in [1.165, 1.54) is 0 Å². The van der Waals surface area contributed by atoms with Crippen LogP contribution in [0.3, 0.4) is 0 Å². The summed E-state index contributed by atoms with van der Waals surface area (Å²) in [5.41, 5.74) is 1.84. The Morgan fingerprint density at radius 3 is 2.32 bits per heavy atom. The van der Waals surface area contributed by atoms with Gasteiger partial charge in [-0.05, 0) is 35.6 Å². The fraction of sp³-hybridized carbons (Fsp3) is 0.391. The first-order chi connectivity index (χ1) is 13.4. The summed E-state index contributed by atoms with van der Waals surface area (Å²) in [7, 11) is 0. The molecule has 0 aliphatic heterocycles. The van der Waals surface area contributed by atoms with Crippen LogP contribution in [0.2, 0.25) is 5.02 Å². The zero-order chi connectivity index (χ0) is 20.5. The second-order valence-electron chi connectivity index (χ2n) is 7.38. The van der Waals surface area contributed by atoms with Crippen molar-refractivity contribution in [2.24, 2.45) is 5.92 Å². The SMILES string of the molecule is CCC(C(=O)NCC(C)C)N(Cc1ccccc1)C(=O)Cc1cccc(Cl)c1. The maximum atomic E-state index is 13.2. The molecule has 2 amide bonds. The highest BCUT2D eigenvalue weighted by molar-refractivity contribution is 6.30. The molecule has 1 N–H and O–H groups in total. The first-order valence-corrected chi connectivity index (χ1v) is 10.1. The van der Waals surface area contributed by atoms with E-state index < -0.39 is 6.04 Å². The third-order valence-corrected chi connectivity index (χ3v) is 4.75. The molecule has 0 bridgehead atoms. The van der Waals surface area contributed by atoms with Crippen LogP contribution < -0.4 is 5.32 Å². The number of nitrogens with zero attached hydrogens (tertiary/aromatic N) is 1. The minimum atomic E-state index is -0.509. The van der Waals surface area contributed by atoms with E-state index in [2.05, 4.69) is 5.32 Å². The summed E-state index contributed by atoms with van der Waals surface area (Å²) in [6.45, 7) is 7.02. The van der Waals surface area contributed by atoms with Crippen molar-refractivity contribution >= 4 is 23.4 Å². The van der Waals surface area contributed by atoms with Gasteiger partial charge in [0.05, 0.1) is 6.42 Å². The van der Waals surface area contributed by atoms with Gasteiger partial charge >= 0.3 is 0 Å². The molecule has 0 aliphatic rings. The maximum Gasteiger partial charge on any atom is 0.242 e. The van der Waals surface area contributed by atoms with Crippen LogP contribution in [0.1, 0.15) is 38.3 Å². The molecular weight excluding hydrogens is 372 g/mol. The lowest BCUT2D eigenvalue weighted by Crippen LogP contribution is -2.50. The van der Waals surface area contributed by atoms with Crippen LogP contribution >= 0.6 is 11.6 Å². The molecule has 0 aliphatic carbocycles. The number of carbonyl (C=O) groups is 2. The molecule has 0 saturated heterocycles. The molecule has 0 radical (unpaired) electrons. The molecule has 5 heteroatoms. The van der Waals surface area contributed by atoms with Crippen molar-refractivity contribution < 1.29 is 9.59 Å². The van der Waals surface area contributed by atoms with E-state index in [4.69, 9.17) is 11.6 Å². The van der Waals surface area contributed by atoms with Crippen LogP contribution in [0.5, 0.6) is 0 Å². The lowest BCUT2D eigenvalue weighted by atomic mass is 10.1. The Labute approximate surface area is 172 Å². The Bertz CT molecular complexity index is 777. The van der Waals surface area contributed by atoms with Crippen LogP contribution in [-0.2, 0) is 22.6 Å². The molecule has 0 fully saturated rings. The largest absolute Gasteiger partial charge is 0.354 e. The van der Waals surface area contributed by atoms with Crippen LogP contribution in [0.4, 0.5) is 0 Å². The fourth-order valence-electron chi connectivity index (χ4n) is 3.05. The number of halogens is 1. The Balaban J connectivity index is 2.23. The average Bonchev–Trinajstić information content (AvgIpc) is 2.67. The van der Waals surface area contributed by atoms with Crippen molar-refractivity contribution in [3.63, 3.8) is 0 Å². The molecule has 2 aromatic rings. The topological polar surface area (TPSA) is 49.4 Å². The Hall–Kier alpha value is -2.33. The zero-order valence-corrected chi connectivity index (χ0v) is 17.6. The lowest BCUT2D eigenvalue weighted by Gasteiger charge is -2.31. The molecule has 28 heavy (non-hydrogen) atoms. The molecule has 2 aromatic carbocycles. The summed E-state index contributed by atoms with van der Waals surface area (Å²) < 4.78 is 0. The molecule has 4 nitrogen and oxygen atoms in total. The Kier molecular flexibility index (Phi) is 8.52. The van der Waals surface area contributed by atoms with E-state index in [9.17, 15) is 9.59 Å². The highest BCUT2D eigenvalue weighted by Crippen LogP contribution is 2.16. The van der Waals surface area contributed by atoms with Gasteiger partial charge in [-0.2, -0.15) is 0 Å². The third-order valence-electron chi connectivity index (χ3n) is 4.51. The van der Waals surface area contributed by atoms with Crippen LogP contribution in [0.15, 0.2) is 54.6 Å². The van der Waals surface area contributed by atoms with Crippen molar-refractivity contribution in [3.8, 4) is 0 Å². The molecule has 150 valence electrons. The molecule has 1 atom stereocenters. The molecule has 2 rings (SSSR count). The van der Waals surface area contributed by atoms with Crippen molar-refractivity contribution in [3.05, 3.63) is 70.7 Å². The van der Waals surface area contributed by atoms with Crippen molar-refractivity contribution in [1.29, 1.82) is 0 Å². The number of hydrogen-bond acceptors (Lipinski definition) is 2. The normalized spacial score (nSPS) is 11.9. The van der Waals surface area contributed by atoms with E-state index in [1.807, 2.05) is 63.2 Å². The van der Waals surface area contributed by atoms with Crippen LogP contribution in [-0.4, -0.2) is 29.3 Å². The van der Waals surface area contributed by atoms with Gasteiger partial charge in [0.15, 0.2) is 0 Å². The molecule has 0 heterocycles. The average molecular weight is 401 g/mol. The van der Waals surface area contributed by atoms with Gasteiger partial charge in [0.25, 0.3) is 0 Å². The maximum absolute atomic E-state index is 13.2. The number of benzene rings is 2. The fourth-order valence-corrected chi connectivity index (χ4v) is 3.26. The number of carbonyl (C=O) groups excluding carboxylic acids is 2. The Morgan fingerprint density at radius 1 is 1.04 bits per heavy atom. The van der Waals surface area contributed by atoms with E-state index in [1.54, 1.807) is 17.0 Å². The summed E-state index contributed by atoms with van der Waals surface area (Å²) >= 11 is 6.06. The summed E-state index contributed by atoms with van der Waals surface area (Å²) in [6.07, 6.45) is 0.763. The first kappa shape index (κ1) is 22.0. The van der Waals surface area contributed by atoms with Crippen molar-refractivity contribution in [2.45, 2.75) is 46.2 Å². The molecule has 0 aromatic heterocycles. The van der Waals surface area contributed by atoms with Gasteiger partial charge in [0.1, 0.15) is 6.04 Å². The van der Waals surface area contributed by atoms with Crippen LogP contribution in [0.25, 0.3) is 0 Å². The van der Waals surface area contributed by atoms with Gasteiger partial charge in [-0.15, -0.1) is 0 Å². The monoisotopic (exact) mass is 400 g/mol. The molecular formula is C23H29ClN2O2. The predicted molar refractivity (Wildman–Crippen MR) is 114 cm³/mol. The smallest absolute Gasteiger partial charge is 0.242 e. The zero-order valence-electron chi connectivity index (χ0n) is 16.8. The van der Waals surface area contributed by atoms with E-state index in [0.29, 0.717) is 30.5 Å². The number of hydrogen-bond donors (Lipinski definition) is 1. The van der Waals surface area contributed by atoms with Gasteiger partial charge in [0, 0.05) is 18.1 Å². The van der Waals surface area contributed by atoms with Gasteiger partial charge in [-0.1, -0.05) is 74.8 Å². The van der Waals surface area contributed by atoms with Crippen molar-refractivity contribution in [2.75, 3.05) is 6.54 Å². The second kappa shape index (κ2) is 10.9. The first-order valence-electron chi connectivity index (χ1n) is 9.76. The minimum Gasteiger partial charge on any atom is -0.354 e. The summed E-state index contributed by atoms with van der Waals surface area (Å²) in [4.78, 5) is 27.7. The predicted octanol–water partition coefficient (Wildman–Crippen LogP) is 4.46. The number of nitrogens with one attached hydrogen (secondary N) is 1. The molecule has 1 unspecified atom stereocenters. The summed E-state index contributed by atoms with van der Waals surface area (Å²) in [5.74, 6) is 0.162. The lowest BCUT2D eigenvalue weighted by molar-refractivity contribution is -0.141. The van der Waals surface area contributed by atoms with Gasteiger partial charge < -0.3 is 10.2 Å². The second-order valence-corrected chi connectivity index (χ2v) is 7.81. The summed E-state index contributed by atoms with van der Waals surface area (Å²) in [5, 5.41) is 3.57. The highest BCUT2D eigenvalue weighted by Gasteiger charge is 2.28. The van der Waals surface area contributed by atoms with Crippen molar-refractivity contribution in [1.82, 2.24) is 10.2 Å². The van der Waals surface area contributed by atoms with Gasteiger partial charge in [0.2, 0.25) is 11.8 Å². The Morgan fingerprint density at radius 2 is 1.71 bits per heavy atom. The van der Waals surface area contributed by atoms with Crippen LogP contribution in [0, 0.1) is 5.92 Å². The third kappa shape index (κ3) is 6.68. The van der Waals surface area contributed by atoms with E-state index >= 15 is 0 Å².